The summed E-state index contributed by atoms with van der Waals surface area (Å²) in [6, 6.07) is 3.55. The molecule has 2 aliphatic rings. The van der Waals surface area contributed by atoms with Crippen molar-refractivity contribution in [3.63, 3.8) is 0 Å². The zero-order valence-corrected chi connectivity index (χ0v) is 13.2. The van der Waals surface area contributed by atoms with Gasteiger partial charge in [-0.25, -0.2) is 0 Å². The molecule has 0 aromatic carbocycles. The number of hydrogen-bond acceptors (Lipinski definition) is 3. The summed E-state index contributed by atoms with van der Waals surface area (Å²) >= 11 is 0. The van der Waals surface area contributed by atoms with Crippen LogP contribution in [0.25, 0.3) is 0 Å². The number of carbonyl (C=O) groups is 1. The summed E-state index contributed by atoms with van der Waals surface area (Å²) in [5.41, 5.74) is 0.315. The fraction of sp³-hybridized carbons (Fsp3) is 0.706. The molecule has 0 aliphatic carbocycles. The van der Waals surface area contributed by atoms with Gasteiger partial charge in [-0.3, -0.25) is 4.79 Å². The normalized spacial score (nSPS) is 26.9. The zero-order chi connectivity index (χ0) is 14.9. The molecular weight excluding hydrogens is 264 g/mol. The first kappa shape index (κ1) is 14.6. The second-order valence-electron chi connectivity index (χ2n) is 7.19. The Morgan fingerprint density at radius 3 is 2.90 bits per heavy atom. The third kappa shape index (κ3) is 3.15. The van der Waals surface area contributed by atoms with E-state index in [1.165, 1.54) is 25.9 Å². The second-order valence-corrected chi connectivity index (χ2v) is 7.19. The fourth-order valence-corrected chi connectivity index (χ4v) is 3.97. The molecule has 1 spiro atoms. The van der Waals surface area contributed by atoms with E-state index in [0.717, 1.165) is 26.1 Å². The van der Waals surface area contributed by atoms with Gasteiger partial charge in [0, 0.05) is 31.6 Å². The molecule has 0 unspecified atom stereocenters. The molecule has 1 atom stereocenters. The topological polar surface area (TPSA) is 36.7 Å². The van der Waals surface area contributed by atoms with Crippen LogP contribution in [0.15, 0.2) is 22.8 Å². The minimum Gasteiger partial charge on any atom is -0.459 e. The quantitative estimate of drug-likeness (QED) is 0.859. The van der Waals surface area contributed by atoms with Crippen molar-refractivity contribution in [3.8, 4) is 0 Å². The Kier molecular flexibility index (Phi) is 4.07. The van der Waals surface area contributed by atoms with Crippen LogP contribution in [0.5, 0.6) is 0 Å². The monoisotopic (exact) mass is 290 g/mol. The summed E-state index contributed by atoms with van der Waals surface area (Å²) in [5.74, 6) is 1.25. The average molecular weight is 290 g/mol. The van der Waals surface area contributed by atoms with Crippen molar-refractivity contribution in [2.24, 2.45) is 11.3 Å². The molecule has 21 heavy (non-hydrogen) atoms. The van der Waals surface area contributed by atoms with E-state index in [9.17, 15) is 4.79 Å². The van der Waals surface area contributed by atoms with Crippen LogP contribution in [-0.4, -0.2) is 48.4 Å². The van der Waals surface area contributed by atoms with Gasteiger partial charge in [-0.2, -0.15) is 0 Å². The lowest BCUT2D eigenvalue weighted by molar-refractivity contribution is 0.0497. The van der Waals surface area contributed by atoms with Crippen LogP contribution in [0, 0.1) is 11.3 Å². The predicted molar refractivity (Wildman–Crippen MR) is 82.2 cm³/mol. The molecule has 116 valence electrons. The molecule has 2 aliphatic heterocycles. The summed E-state index contributed by atoms with van der Waals surface area (Å²) in [6.07, 6.45) is 5.17. The zero-order valence-electron chi connectivity index (χ0n) is 13.2. The Bertz CT molecular complexity index is 483. The maximum Gasteiger partial charge on any atom is 0.289 e. The van der Waals surface area contributed by atoms with E-state index >= 15 is 0 Å². The van der Waals surface area contributed by atoms with E-state index < -0.39 is 0 Å². The molecule has 4 heteroatoms. The average Bonchev–Trinajstić information content (AvgIpc) is 3.08. The lowest BCUT2D eigenvalue weighted by Gasteiger charge is -2.40. The Labute approximate surface area is 127 Å². The third-order valence-corrected chi connectivity index (χ3v) is 4.82. The number of carbonyl (C=O) groups excluding carboxylic acids is 1. The van der Waals surface area contributed by atoms with E-state index in [1.54, 1.807) is 18.4 Å². The summed E-state index contributed by atoms with van der Waals surface area (Å²) in [5, 5.41) is 0. The highest BCUT2D eigenvalue weighted by atomic mass is 16.3. The van der Waals surface area contributed by atoms with Gasteiger partial charge in [0.1, 0.15) is 0 Å². The van der Waals surface area contributed by atoms with E-state index in [-0.39, 0.29) is 5.91 Å². The van der Waals surface area contributed by atoms with Gasteiger partial charge in [0.05, 0.1) is 6.26 Å². The molecule has 0 bridgehead atoms. The summed E-state index contributed by atoms with van der Waals surface area (Å²) in [7, 11) is 0. The first-order valence-electron chi connectivity index (χ1n) is 8.13. The molecule has 0 saturated carbocycles. The molecule has 1 aromatic heterocycles. The molecule has 4 nitrogen and oxygen atoms in total. The number of amides is 1. The van der Waals surface area contributed by atoms with Crippen LogP contribution < -0.4 is 0 Å². The highest BCUT2D eigenvalue weighted by molar-refractivity contribution is 5.91. The Balaban J connectivity index is 1.65. The van der Waals surface area contributed by atoms with Crippen molar-refractivity contribution in [3.05, 3.63) is 24.2 Å². The second kappa shape index (κ2) is 5.84. The van der Waals surface area contributed by atoms with Crippen molar-refractivity contribution < 1.29 is 9.21 Å². The third-order valence-electron chi connectivity index (χ3n) is 4.82. The Morgan fingerprint density at radius 2 is 2.19 bits per heavy atom. The predicted octanol–water partition coefficient (Wildman–Crippen LogP) is 2.86. The van der Waals surface area contributed by atoms with E-state index in [4.69, 9.17) is 4.42 Å². The number of nitrogens with zero attached hydrogens (tertiary/aromatic N) is 2. The van der Waals surface area contributed by atoms with Gasteiger partial charge in [0.15, 0.2) is 5.76 Å². The maximum atomic E-state index is 12.5. The first-order valence-corrected chi connectivity index (χ1v) is 8.13. The summed E-state index contributed by atoms with van der Waals surface area (Å²) in [4.78, 5) is 17.1. The van der Waals surface area contributed by atoms with E-state index in [2.05, 4.69) is 18.7 Å². The first-order chi connectivity index (χ1) is 10.1. The van der Waals surface area contributed by atoms with Crippen molar-refractivity contribution >= 4 is 5.91 Å². The number of furan rings is 1. The largest absolute Gasteiger partial charge is 0.459 e. The maximum absolute atomic E-state index is 12.5. The van der Waals surface area contributed by atoms with Gasteiger partial charge in [-0.15, -0.1) is 0 Å². The minimum absolute atomic E-state index is 0.0568. The Morgan fingerprint density at radius 1 is 1.33 bits per heavy atom. The summed E-state index contributed by atoms with van der Waals surface area (Å²) in [6.45, 7) is 9.81. The highest BCUT2D eigenvalue weighted by Gasteiger charge is 2.42. The van der Waals surface area contributed by atoms with Gasteiger partial charge >= 0.3 is 0 Å². The molecule has 2 saturated heterocycles. The van der Waals surface area contributed by atoms with Crippen molar-refractivity contribution in [1.29, 1.82) is 0 Å². The van der Waals surface area contributed by atoms with Gasteiger partial charge in [0.2, 0.25) is 0 Å². The number of likely N-dealkylation sites (tertiary alicyclic amines) is 2. The van der Waals surface area contributed by atoms with Crippen LogP contribution in [-0.2, 0) is 0 Å². The minimum atomic E-state index is 0.0568. The van der Waals surface area contributed by atoms with Crippen LogP contribution in [0.1, 0.15) is 43.7 Å². The number of hydrogen-bond donors (Lipinski definition) is 0. The van der Waals surface area contributed by atoms with Crippen LogP contribution in [0.3, 0.4) is 0 Å². The molecule has 1 amide bonds. The fourth-order valence-electron chi connectivity index (χ4n) is 3.97. The molecular formula is C17H26N2O2. The van der Waals surface area contributed by atoms with Gasteiger partial charge in [0.25, 0.3) is 5.91 Å². The highest BCUT2D eigenvalue weighted by Crippen LogP contribution is 2.39. The van der Waals surface area contributed by atoms with E-state index in [1.807, 2.05) is 4.90 Å². The molecule has 0 radical (unpaired) electrons. The number of piperidine rings is 1. The van der Waals surface area contributed by atoms with Gasteiger partial charge in [-0.05, 0) is 43.9 Å². The van der Waals surface area contributed by atoms with Crippen LogP contribution >= 0.6 is 0 Å². The van der Waals surface area contributed by atoms with E-state index in [0.29, 0.717) is 17.1 Å². The van der Waals surface area contributed by atoms with Crippen molar-refractivity contribution in [1.82, 2.24) is 9.80 Å². The lowest BCUT2D eigenvalue weighted by atomic mass is 9.79. The Hall–Kier alpha value is -1.29. The lowest BCUT2D eigenvalue weighted by Crippen LogP contribution is -2.47. The number of rotatable bonds is 3. The standard InChI is InChI=1S/C17H26N2O2/c1-14(2)11-18-9-7-17(12-18)6-4-8-19(13-17)16(20)15-5-3-10-21-15/h3,5,10,14H,4,6-9,11-13H2,1-2H3/t17-/m0/s1. The summed E-state index contributed by atoms with van der Waals surface area (Å²) < 4.78 is 5.27. The van der Waals surface area contributed by atoms with Gasteiger partial charge in [-0.1, -0.05) is 13.8 Å². The van der Waals surface area contributed by atoms with Crippen molar-refractivity contribution in [2.75, 3.05) is 32.7 Å². The smallest absolute Gasteiger partial charge is 0.289 e. The molecule has 0 N–H and O–H groups in total. The molecule has 1 aromatic rings. The SMILES string of the molecule is CC(C)CN1CC[C@@]2(CCCN(C(=O)c3ccco3)C2)C1. The van der Waals surface area contributed by atoms with Crippen LogP contribution in [0.4, 0.5) is 0 Å². The van der Waals surface area contributed by atoms with Crippen LogP contribution in [0.2, 0.25) is 0 Å². The van der Waals surface area contributed by atoms with Gasteiger partial charge < -0.3 is 14.2 Å². The molecule has 3 rings (SSSR count). The van der Waals surface area contributed by atoms with Crippen molar-refractivity contribution in [2.45, 2.75) is 33.1 Å². The molecule has 3 heterocycles. The molecule has 2 fully saturated rings.